The molecule has 0 aromatic heterocycles. The fourth-order valence-electron chi connectivity index (χ4n) is 1.97. The van der Waals surface area contributed by atoms with Crippen molar-refractivity contribution in [2.75, 3.05) is 12.4 Å². The number of methoxy groups -OCH3 is 1. The first kappa shape index (κ1) is 14.5. The summed E-state index contributed by atoms with van der Waals surface area (Å²) in [7, 11) is 1.61. The molecular formula is C15H16BrNO3. The largest absolute Gasteiger partial charge is 0.508 e. The van der Waals surface area contributed by atoms with Crippen LogP contribution in [0.1, 0.15) is 18.5 Å². The van der Waals surface area contributed by atoms with Gasteiger partial charge in [0, 0.05) is 11.3 Å². The molecule has 0 aliphatic carbocycles. The van der Waals surface area contributed by atoms with Crippen LogP contribution in [0.4, 0.5) is 5.69 Å². The van der Waals surface area contributed by atoms with Gasteiger partial charge >= 0.3 is 0 Å². The maximum absolute atomic E-state index is 9.84. The topological polar surface area (TPSA) is 61.7 Å². The number of aromatic hydroxyl groups is 2. The third-order valence-corrected chi connectivity index (χ3v) is 3.63. The van der Waals surface area contributed by atoms with E-state index in [9.17, 15) is 10.2 Å². The molecule has 1 atom stereocenters. The highest BCUT2D eigenvalue weighted by atomic mass is 79.9. The highest BCUT2D eigenvalue weighted by molar-refractivity contribution is 9.10. The molecule has 0 amide bonds. The maximum atomic E-state index is 9.84. The molecule has 0 heterocycles. The monoisotopic (exact) mass is 337 g/mol. The fraction of sp³-hybridized carbons (Fsp3) is 0.200. The lowest BCUT2D eigenvalue weighted by atomic mass is 10.1. The number of phenolic OH excluding ortho intramolecular Hbond substituents is 2. The van der Waals surface area contributed by atoms with Crippen molar-refractivity contribution in [3.05, 3.63) is 46.4 Å². The average Bonchev–Trinajstić information content (AvgIpc) is 2.41. The lowest BCUT2D eigenvalue weighted by Crippen LogP contribution is -2.06. The molecule has 106 valence electrons. The van der Waals surface area contributed by atoms with Gasteiger partial charge in [-0.3, -0.25) is 0 Å². The first-order valence-corrected chi connectivity index (χ1v) is 6.92. The molecule has 4 nitrogen and oxygen atoms in total. The first-order valence-electron chi connectivity index (χ1n) is 6.13. The zero-order valence-corrected chi connectivity index (χ0v) is 12.8. The number of phenols is 2. The van der Waals surface area contributed by atoms with Crippen LogP contribution < -0.4 is 10.1 Å². The summed E-state index contributed by atoms with van der Waals surface area (Å²) in [5.41, 5.74) is 1.52. The van der Waals surface area contributed by atoms with Crippen LogP contribution in [0.3, 0.4) is 0 Å². The van der Waals surface area contributed by atoms with Gasteiger partial charge < -0.3 is 20.3 Å². The Labute approximate surface area is 126 Å². The lowest BCUT2D eigenvalue weighted by Gasteiger charge is -2.18. The summed E-state index contributed by atoms with van der Waals surface area (Å²) in [6.07, 6.45) is 0. The number of rotatable bonds is 4. The quantitative estimate of drug-likeness (QED) is 0.737. The van der Waals surface area contributed by atoms with E-state index in [2.05, 4.69) is 21.2 Å². The molecule has 0 bridgehead atoms. The van der Waals surface area contributed by atoms with E-state index in [0.29, 0.717) is 5.56 Å². The first-order chi connectivity index (χ1) is 9.51. The number of ether oxygens (including phenoxy) is 1. The van der Waals surface area contributed by atoms with Crippen molar-refractivity contribution >= 4 is 21.6 Å². The van der Waals surface area contributed by atoms with E-state index in [4.69, 9.17) is 4.74 Å². The minimum Gasteiger partial charge on any atom is -0.508 e. The summed E-state index contributed by atoms with van der Waals surface area (Å²) in [4.78, 5) is 0. The smallest absolute Gasteiger partial charge is 0.133 e. The highest BCUT2D eigenvalue weighted by Crippen LogP contribution is 2.32. The molecule has 0 aliphatic heterocycles. The van der Waals surface area contributed by atoms with E-state index in [1.54, 1.807) is 13.2 Å². The van der Waals surface area contributed by atoms with Gasteiger partial charge in [-0.1, -0.05) is 0 Å². The van der Waals surface area contributed by atoms with E-state index in [0.717, 1.165) is 15.9 Å². The molecule has 0 saturated heterocycles. The van der Waals surface area contributed by atoms with Crippen molar-refractivity contribution in [3.63, 3.8) is 0 Å². The van der Waals surface area contributed by atoms with Crippen LogP contribution in [0.5, 0.6) is 17.2 Å². The minimum atomic E-state index is -0.151. The molecule has 0 spiro atoms. The van der Waals surface area contributed by atoms with Gasteiger partial charge in [0.15, 0.2) is 0 Å². The van der Waals surface area contributed by atoms with Crippen LogP contribution in [-0.2, 0) is 0 Å². The molecule has 2 aromatic carbocycles. The predicted molar refractivity (Wildman–Crippen MR) is 82.5 cm³/mol. The molecular weight excluding hydrogens is 322 g/mol. The van der Waals surface area contributed by atoms with Crippen molar-refractivity contribution in [3.8, 4) is 17.2 Å². The third-order valence-electron chi connectivity index (χ3n) is 3.01. The van der Waals surface area contributed by atoms with E-state index in [-0.39, 0.29) is 17.5 Å². The van der Waals surface area contributed by atoms with Crippen LogP contribution in [0.15, 0.2) is 40.9 Å². The number of hydrogen-bond donors (Lipinski definition) is 3. The van der Waals surface area contributed by atoms with Crippen molar-refractivity contribution in [1.29, 1.82) is 0 Å². The van der Waals surface area contributed by atoms with Gasteiger partial charge in [0.2, 0.25) is 0 Å². The average molecular weight is 338 g/mol. The number of nitrogens with one attached hydrogen (secondary N) is 1. The second kappa shape index (κ2) is 6.05. The van der Waals surface area contributed by atoms with E-state index in [1.165, 1.54) is 12.1 Å². The van der Waals surface area contributed by atoms with Crippen LogP contribution in [0.2, 0.25) is 0 Å². The van der Waals surface area contributed by atoms with Crippen LogP contribution in [-0.4, -0.2) is 17.3 Å². The zero-order chi connectivity index (χ0) is 14.7. The molecule has 5 heteroatoms. The fourth-order valence-corrected chi connectivity index (χ4v) is 2.51. The second-order valence-electron chi connectivity index (χ2n) is 4.46. The Morgan fingerprint density at radius 3 is 2.55 bits per heavy atom. The van der Waals surface area contributed by atoms with Gasteiger partial charge in [-0.2, -0.15) is 0 Å². The van der Waals surface area contributed by atoms with Crippen molar-refractivity contribution in [2.24, 2.45) is 0 Å². The van der Waals surface area contributed by atoms with Crippen molar-refractivity contribution in [2.45, 2.75) is 13.0 Å². The van der Waals surface area contributed by atoms with Crippen LogP contribution in [0, 0.1) is 0 Å². The van der Waals surface area contributed by atoms with E-state index >= 15 is 0 Å². The molecule has 0 fully saturated rings. The van der Waals surface area contributed by atoms with Gasteiger partial charge in [-0.05, 0) is 59.3 Å². The van der Waals surface area contributed by atoms with Gasteiger partial charge in [-0.15, -0.1) is 0 Å². The number of benzene rings is 2. The Hall–Kier alpha value is -1.88. The van der Waals surface area contributed by atoms with Gasteiger partial charge in [-0.25, -0.2) is 0 Å². The summed E-state index contributed by atoms with van der Waals surface area (Å²) < 4.78 is 6.02. The minimum absolute atomic E-state index is 0.127. The highest BCUT2D eigenvalue weighted by Gasteiger charge is 2.12. The van der Waals surface area contributed by atoms with Crippen molar-refractivity contribution < 1.29 is 14.9 Å². The SMILES string of the molecule is COc1ccc(NC(C)c2cc(O)ccc2O)cc1Br. The summed E-state index contributed by atoms with van der Waals surface area (Å²) in [6.45, 7) is 1.91. The summed E-state index contributed by atoms with van der Waals surface area (Å²) >= 11 is 3.43. The van der Waals surface area contributed by atoms with Gasteiger partial charge in [0.1, 0.15) is 17.2 Å². The van der Waals surface area contributed by atoms with Crippen molar-refractivity contribution in [1.82, 2.24) is 0 Å². The Kier molecular flexibility index (Phi) is 4.39. The Morgan fingerprint density at radius 2 is 1.90 bits per heavy atom. The maximum Gasteiger partial charge on any atom is 0.133 e. The summed E-state index contributed by atoms with van der Waals surface area (Å²) in [5, 5.41) is 22.6. The number of anilines is 1. The second-order valence-corrected chi connectivity index (χ2v) is 5.31. The third kappa shape index (κ3) is 3.17. The lowest BCUT2D eigenvalue weighted by molar-refractivity contribution is 0.412. The molecule has 3 N–H and O–H groups in total. The molecule has 0 radical (unpaired) electrons. The molecule has 0 aliphatic rings. The van der Waals surface area contributed by atoms with Crippen LogP contribution >= 0.6 is 15.9 Å². The Morgan fingerprint density at radius 1 is 1.15 bits per heavy atom. The predicted octanol–water partition coefficient (Wildman–Crippen LogP) is 4.04. The number of halogens is 1. The molecule has 20 heavy (non-hydrogen) atoms. The van der Waals surface area contributed by atoms with Gasteiger partial charge in [0.05, 0.1) is 17.6 Å². The standard InChI is InChI=1S/C15H16BrNO3/c1-9(12-8-11(18)4-5-14(12)19)17-10-3-6-15(20-2)13(16)7-10/h3-9,17-19H,1-2H3. The summed E-state index contributed by atoms with van der Waals surface area (Å²) in [6, 6.07) is 9.96. The number of hydrogen-bond acceptors (Lipinski definition) is 4. The Balaban J connectivity index is 2.21. The van der Waals surface area contributed by atoms with Gasteiger partial charge in [0.25, 0.3) is 0 Å². The molecule has 2 aromatic rings. The van der Waals surface area contributed by atoms with E-state index < -0.39 is 0 Å². The zero-order valence-electron chi connectivity index (χ0n) is 11.2. The molecule has 1 unspecified atom stereocenters. The summed E-state index contributed by atoms with van der Waals surface area (Å²) in [5.74, 6) is 1.03. The van der Waals surface area contributed by atoms with E-state index in [1.807, 2.05) is 25.1 Å². The molecule has 0 saturated carbocycles. The van der Waals surface area contributed by atoms with Crippen LogP contribution in [0.25, 0.3) is 0 Å². The normalized spacial score (nSPS) is 11.9. The Bertz CT molecular complexity index is 616. The molecule has 2 rings (SSSR count).